The van der Waals surface area contributed by atoms with E-state index in [1.54, 1.807) is 5.56 Å². The van der Waals surface area contributed by atoms with E-state index in [1.165, 1.54) is 44.2 Å². The van der Waals surface area contributed by atoms with E-state index >= 15 is 0 Å². The fourth-order valence-electron chi connectivity index (χ4n) is 3.36. The number of hydrogen-bond acceptors (Lipinski definition) is 2. The molecule has 1 aliphatic heterocycles. The lowest BCUT2D eigenvalue weighted by Gasteiger charge is -2.39. The summed E-state index contributed by atoms with van der Waals surface area (Å²) in [4.78, 5) is 2.65. The Morgan fingerprint density at radius 1 is 1.12 bits per heavy atom. The van der Waals surface area contributed by atoms with Crippen molar-refractivity contribution in [2.45, 2.75) is 50.7 Å². The molecular weight excluding hydrogens is 208 g/mol. The van der Waals surface area contributed by atoms with Crippen LogP contribution in [0.5, 0.6) is 0 Å². The normalized spacial score (nSPS) is 29.9. The summed E-state index contributed by atoms with van der Waals surface area (Å²) < 4.78 is 0. The molecule has 1 heterocycles. The summed E-state index contributed by atoms with van der Waals surface area (Å²) in [5.41, 5.74) is 9.17. The molecule has 2 nitrogen and oxygen atoms in total. The number of nitrogens with zero attached hydrogens (tertiary/aromatic N) is 1. The SMILES string of the molecule is NC1CCCC(N2CCc3ccccc3C2)C1. The molecule has 2 atom stereocenters. The van der Waals surface area contributed by atoms with Crippen LogP contribution < -0.4 is 5.73 Å². The number of benzene rings is 1. The molecule has 0 spiro atoms. The Hall–Kier alpha value is -0.860. The van der Waals surface area contributed by atoms with Crippen LogP contribution in [-0.2, 0) is 13.0 Å². The van der Waals surface area contributed by atoms with Gasteiger partial charge in [0.15, 0.2) is 0 Å². The Bertz CT molecular complexity index is 388. The van der Waals surface area contributed by atoms with Gasteiger partial charge in [0.05, 0.1) is 0 Å². The average molecular weight is 230 g/mol. The quantitative estimate of drug-likeness (QED) is 0.802. The Kier molecular flexibility index (Phi) is 3.17. The molecule has 0 amide bonds. The first-order valence-corrected chi connectivity index (χ1v) is 6.89. The van der Waals surface area contributed by atoms with Crippen molar-refractivity contribution in [2.75, 3.05) is 6.54 Å². The predicted octanol–water partition coefficient (Wildman–Crippen LogP) is 2.31. The van der Waals surface area contributed by atoms with Crippen LogP contribution in [0.3, 0.4) is 0 Å². The van der Waals surface area contributed by atoms with Crippen LogP contribution >= 0.6 is 0 Å². The highest BCUT2D eigenvalue weighted by Crippen LogP contribution is 2.27. The van der Waals surface area contributed by atoms with Crippen molar-refractivity contribution < 1.29 is 0 Å². The van der Waals surface area contributed by atoms with Crippen molar-refractivity contribution in [3.8, 4) is 0 Å². The van der Waals surface area contributed by atoms with Gasteiger partial charge in [0.2, 0.25) is 0 Å². The molecule has 0 saturated heterocycles. The number of hydrogen-bond donors (Lipinski definition) is 1. The van der Waals surface area contributed by atoms with Crippen molar-refractivity contribution in [1.82, 2.24) is 4.90 Å². The molecule has 1 aliphatic carbocycles. The molecule has 1 fully saturated rings. The van der Waals surface area contributed by atoms with Crippen molar-refractivity contribution in [3.05, 3.63) is 35.4 Å². The molecule has 3 rings (SSSR count). The summed E-state index contributed by atoms with van der Waals surface area (Å²) in [6.07, 6.45) is 6.28. The minimum Gasteiger partial charge on any atom is -0.328 e. The molecule has 2 aliphatic rings. The van der Waals surface area contributed by atoms with Crippen LogP contribution in [-0.4, -0.2) is 23.5 Å². The first kappa shape index (κ1) is 11.2. The van der Waals surface area contributed by atoms with Gasteiger partial charge in [-0.25, -0.2) is 0 Å². The highest BCUT2D eigenvalue weighted by Gasteiger charge is 2.27. The van der Waals surface area contributed by atoms with Gasteiger partial charge in [0, 0.05) is 25.2 Å². The molecule has 2 N–H and O–H groups in total. The van der Waals surface area contributed by atoms with E-state index in [4.69, 9.17) is 5.73 Å². The maximum Gasteiger partial charge on any atom is 0.0239 e. The fourth-order valence-corrected chi connectivity index (χ4v) is 3.36. The van der Waals surface area contributed by atoms with E-state index in [1.807, 2.05) is 0 Å². The molecule has 1 aromatic rings. The molecule has 92 valence electrons. The van der Waals surface area contributed by atoms with Gasteiger partial charge in [-0.1, -0.05) is 30.7 Å². The third-order valence-electron chi connectivity index (χ3n) is 4.36. The summed E-state index contributed by atoms with van der Waals surface area (Å²) >= 11 is 0. The minimum atomic E-state index is 0.436. The van der Waals surface area contributed by atoms with Crippen molar-refractivity contribution in [1.29, 1.82) is 0 Å². The standard InChI is InChI=1S/C15H22N2/c16-14-6-3-7-15(10-14)17-9-8-12-4-1-2-5-13(12)11-17/h1-2,4-5,14-15H,3,6-11,16H2. The molecule has 2 unspecified atom stereocenters. The largest absolute Gasteiger partial charge is 0.328 e. The first-order chi connectivity index (χ1) is 8.33. The van der Waals surface area contributed by atoms with Gasteiger partial charge in [-0.2, -0.15) is 0 Å². The van der Waals surface area contributed by atoms with Gasteiger partial charge < -0.3 is 5.73 Å². The summed E-state index contributed by atoms with van der Waals surface area (Å²) in [5, 5.41) is 0. The molecule has 2 heteroatoms. The van der Waals surface area contributed by atoms with E-state index in [0.29, 0.717) is 6.04 Å². The number of fused-ring (bicyclic) bond motifs is 1. The summed E-state index contributed by atoms with van der Waals surface area (Å²) in [6, 6.07) is 10.0. The molecule has 0 bridgehead atoms. The third kappa shape index (κ3) is 2.38. The molecule has 0 radical (unpaired) electrons. The van der Waals surface area contributed by atoms with E-state index in [-0.39, 0.29) is 0 Å². The van der Waals surface area contributed by atoms with Gasteiger partial charge in [-0.3, -0.25) is 4.90 Å². The molecule has 1 saturated carbocycles. The monoisotopic (exact) mass is 230 g/mol. The lowest BCUT2D eigenvalue weighted by molar-refractivity contribution is 0.133. The topological polar surface area (TPSA) is 29.3 Å². The van der Waals surface area contributed by atoms with Crippen LogP contribution in [0, 0.1) is 0 Å². The van der Waals surface area contributed by atoms with Gasteiger partial charge in [0.1, 0.15) is 0 Å². The minimum absolute atomic E-state index is 0.436. The molecular formula is C15H22N2. The zero-order valence-electron chi connectivity index (χ0n) is 10.4. The Morgan fingerprint density at radius 3 is 2.76 bits per heavy atom. The summed E-state index contributed by atoms with van der Waals surface area (Å²) in [6.45, 7) is 2.35. The second kappa shape index (κ2) is 4.79. The zero-order chi connectivity index (χ0) is 11.7. The van der Waals surface area contributed by atoms with Crippen molar-refractivity contribution in [2.24, 2.45) is 5.73 Å². The Balaban J connectivity index is 1.71. The van der Waals surface area contributed by atoms with Crippen molar-refractivity contribution >= 4 is 0 Å². The highest BCUT2D eigenvalue weighted by molar-refractivity contribution is 5.29. The zero-order valence-corrected chi connectivity index (χ0v) is 10.4. The van der Waals surface area contributed by atoms with E-state index in [9.17, 15) is 0 Å². The Morgan fingerprint density at radius 2 is 1.94 bits per heavy atom. The van der Waals surface area contributed by atoms with Gasteiger partial charge in [-0.15, -0.1) is 0 Å². The van der Waals surface area contributed by atoms with Crippen LogP contribution in [0.2, 0.25) is 0 Å². The fraction of sp³-hybridized carbons (Fsp3) is 0.600. The van der Waals surface area contributed by atoms with E-state index < -0.39 is 0 Å². The average Bonchev–Trinajstić information content (AvgIpc) is 2.38. The molecule has 1 aromatic carbocycles. The summed E-state index contributed by atoms with van der Waals surface area (Å²) in [5.74, 6) is 0. The molecule has 0 aromatic heterocycles. The van der Waals surface area contributed by atoms with Gasteiger partial charge >= 0.3 is 0 Å². The lowest BCUT2D eigenvalue weighted by Crippen LogP contribution is -2.44. The lowest BCUT2D eigenvalue weighted by atomic mass is 9.88. The van der Waals surface area contributed by atoms with E-state index in [2.05, 4.69) is 29.2 Å². The number of nitrogens with two attached hydrogens (primary N) is 1. The van der Waals surface area contributed by atoms with Crippen molar-refractivity contribution in [3.63, 3.8) is 0 Å². The smallest absolute Gasteiger partial charge is 0.0239 e. The highest BCUT2D eigenvalue weighted by atomic mass is 15.2. The molecule has 17 heavy (non-hydrogen) atoms. The van der Waals surface area contributed by atoms with Gasteiger partial charge in [0.25, 0.3) is 0 Å². The van der Waals surface area contributed by atoms with Crippen LogP contribution in [0.15, 0.2) is 24.3 Å². The Labute approximate surface area is 104 Å². The summed E-state index contributed by atoms with van der Waals surface area (Å²) in [7, 11) is 0. The number of rotatable bonds is 1. The third-order valence-corrected chi connectivity index (χ3v) is 4.36. The van der Waals surface area contributed by atoms with Crippen LogP contribution in [0.1, 0.15) is 36.8 Å². The van der Waals surface area contributed by atoms with Crippen LogP contribution in [0.25, 0.3) is 0 Å². The van der Waals surface area contributed by atoms with E-state index in [0.717, 1.165) is 12.6 Å². The van der Waals surface area contributed by atoms with Crippen LogP contribution in [0.4, 0.5) is 0 Å². The maximum atomic E-state index is 6.10. The van der Waals surface area contributed by atoms with Gasteiger partial charge in [-0.05, 0) is 36.8 Å². The first-order valence-electron chi connectivity index (χ1n) is 6.89. The maximum absolute atomic E-state index is 6.10. The second-order valence-electron chi connectivity index (χ2n) is 5.57. The predicted molar refractivity (Wildman–Crippen MR) is 70.8 cm³/mol. The second-order valence-corrected chi connectivity index (χ2v) is 5.57.